The van der Waals surface area contributed by atoms with Crippen molar-refractivity contribution >= 4 is 52.3 Å². The summed E-state index contributed by atoms with van der Waals surface area (Å²) in [5.74, 6) is -1.03. The molecule has 0 unspecified atom stereocenters. The van der Waals surface area contributed by atoms with Gasteiger partial charge in [-0.1, -0.05) is 47.6 Å². The number of carbonyl (C=O) groups excluding carboxylic acids is 2. The molecule has 0 radical (unpaired) electrons. The topological polar surface area (TPSA) is 82.4 Å². The van der Waals surface area contributed by atoms with Gasteiger partial charge in [0.15, 0.2) is 6.61 Å². The summed E-state index contributed by atoms with van der Waals surface area (Å²) < 4.78 is 5.15. The lowest BCUT2D eigenvalue weighted by molar-refractivity contribution is -0.147. The van der Waals surface area contributed by atoms with Crippen molar-refractivity contribution in [3.05, 3.63) is 77.3 Å². The third-order valence-electron chi connectivity index (χ3n) is 4.81. The van der Waals surface area contributed by atoms with Gasteiger partial charge in [0.2, 0.25) is 0 Å². The summed E-state index contributed by atoms with van der Waals surface area (Å²) in [7, 11) is 0. The molecule has 0 spiro atoms. The van der Waals surface area contributed by atoms with Crippen LogP contribution in [0.2, 0.25) is 5.02 Å². The Hall–Kier alpha value is -3.47. The summed E-state index contributed by atoms with van der Waals surface area (Å²) in [4.78, 5) is 28.8. The van der Waals surface area contributed by atoms with E-state index >= 15 is 0 Å². The summed E-state index contributed by atoms with van der Waals surface area (Å²) in [5, 5.41) is 12.1. The van der Waals surface area contributed by atoms with Gasteiger partial charge in [0.25, 0.3) is 5.91 Å². The Kier molecular flexibility index (Phi) is 6.64. The Morgan fingerprint density at radius 1 is 1.03 bits per heavy atom. The lowest BCUT2D eigenvalue weighted by atomic mass is 10.2. The van der Waals surface area contributed by atoms with E-state index in [1.165, 1.54) is 12.1 Å². The minimum absolute atomic E-state index is 0.112. The number of nitrogens with zero attached hydrogens (tertiary/aromatic N) is 2. The highest BCUT2D eigenvalue weighted by Crippen LogP contribution is 2.47. The Morgan fingerprint density at radius 3 is 2.34 bits per heavy atom. The van der Waals surface area contributed by atoms with E-state index in [1.807, 2.05) is 42.5 Å². The number of carbonyl (C=O) groups is 2. The number of hydrogen-bond acceptors (Lipinski definition) is 6. The van der Waals surface area contributed by atoms with Gasteiger partial charge in [-0.15, -0.1) is 0 Å². The van der Waals surface area contributed by atoms with Crippen molar-refractivity contribution in [1.29, 1.82) is 5.26 Å². The molecule has 0 saturated heterocycles. The number of anilines is 3. The second kappa shape index (κ2) is 9.77. The third-order valence-corrected chi connectivity index (χ3v) is 6.18. The standard InChI is InChI=1S/C24H18ClN3O3S/c25-17-10-9-16(14-26)18(13-17)27-23(29)15-31-24(30)11-12-28-19-5-1-3-7-21(19)32-22-8-4-2-6-20(22)28/h1-10,13H,11-12,15H2,(H,27,29). The van der Waals surface area contributed by atoms with E-state index in [0.29, 0.717) is 11.6 Å². The van der Waals surface area contributed by atoms with Gasteiger partial charge in [-0.2, -0.15) is 5.26 Å². The molecule has 1 aliphatic heterocycles. The highest BCUT2D eigenvalue weighted by atomic mass is 35.5. The predicted octanol–water partition coefficient (Wildman–Crippen LogP) is 5.39. The van der Waals surface area contributed by atoms with Crippen LogP contribution in [0.1, 0.15) is 12.0 Å². The smallest absolute Gasteiger partial charge is 0.308 e. The van der Waals surface area contributed by atoms with E-state index in [4.69, 9.17) is 21.6 Å². The molecule has 32 heavy (non-hydrogen) atoms. The first kappa shape index (κ1) is 21.8. The molecule has 3 aromatic rings. The maximum Gasteiger partial charge on any atom is 0.308 e. The van der Waals surface area contributed by atoms with Crippen LogP contribution in [0, 0.1) is 11.3 Å². The predicted molar refractivity (Wildman–Crippen MR) is 124 cm³/mol. The van der Waals surface area contributed by atoms with Gasteiger partial charge >= 0.3 is 5.97 Å². The fraction of sp³-hybridized carbons (Fsp3) is 0.125. The minimum atomic E-state index is -0.540. The van der Waals surface area contributed by atoms with Gasteiger partial charge in [-0.25, -0.2) is 0 Å². The summed E-state index contributed by atoms with van der Waals surface area (Å²) in [6, 6.07) is 22.6. The normalized spacial score (nSPS) is 11.7. The van der Waals surface area contributed by atoms with E-state index in [9.17, 15) is 9.59 Å². The maximum atomic E-state index is 12.3. The van der Waals surface area contributed by atoms with Crippen LogP contribution in [0.15, 0.2) is 76.5 Å². The Bertz CT molecular complexity index is 1180. The minimum Gasteiger partial charge on any atom is -0.456 e. The molecule has 4 rings (SSSR count). The summed E-state index contributed by atoms with van der Waals surface area (Å²) in [6.07, 6.45) is 0.112. The van der Waals surface area contributed by atoms with Crippen LogP contribution >= 0.6 is 23.4 Å². The second-order valence-electron chi connectivity index (χ2n) is 6.95. The second-order valence-corrected chi connectivity index (χ2v) is 8.47. The van der Waals surface area contributed by atoms with E-state index in [0.717, 1.165) is 21.2 Å². The van der Waals surface area contributed by atoms with Crippen LogP contribution in [-0.2, 0) is 14.3 Å². The highest BCUT2D eigenvalue weighted by Gasteiger charge is 2.23. The van der Waals surface area contributed by atoms with Crippen molar-refractivity contribution in [1.82, 2.24) is 0 Å². The van der Waals surface area contributed by atoms with E-state index in [2.05, 4.69) is 22.3 Å². The molecule has 1 heterocycles. The molecule has 0 saturated carbocycles. The van der Waals surface area contributed by atoms with Crippen molar-refractivity contribution < 1.29 is 14.3 Å². The summed E-state index contributed by atoms with van der Waals surface area (Å²) in [6.45, 7) is -0.0266. The molecular weight excluding hydrogens is 446 g/mol. The molecule has 1 amide bonds. The van der Waals surface area contributed by atoms with Crippen LogP contribution in [0.3, 0.4) is 0 Å². The van der Waals surface area contributed by atoms with Crippen molar-refractivity contribution in [3.63, 3.8) is 0 Å². The number of halogens is 1. The van der Waals surface area contributed by atoms with Crippen LogP contribution in [-0.4, -0.2) is 25.0 Å². The molecule has 0 fully saturated rings. The molecule has 0 atom stereocenters. The van der Waals surface area contributed by atoms with Crippen LogP contribution in [0.25, 0.3) is 0 Å². The maximum absolute atomic E-state index is 12.3. The van der Waals surface area contributed by atoms with Gasteiger partial charge < -0.3 is 15.0 Å². The quantitative estimate of drug-likeness (QED) is 0.494. The number of nitriles is 1. The first-order valence-electron chi connectivity index (χ1n) is 9.84. The Labute approximate surface area is 194 Å². The molecule has 0 aliphatic carbocycles. The molecule has 1 aliphatic rings. The van der Waals surface area contributed by atoms with Crippen LogP contribution in [0.5, 0.6) is 0 Å². The summed E-state index contributed by atoms with van der Waals surface area (Å²) >= 11 is 7.62. The molecule has 3 aromatic carbocycles. The van der Waals surface area contributed by atoms with Crippen molar-refractivity contribution in [2.45, 2.75) is 16.2 Å². The Balaban J connectivity index is 1.36. The number of hydrogen-bond donors (Lipinski definition) is 1. The summed E-state index contributed by atoms with van der Waals surface area (Å²) in [5.41, 5.74) is 2.62. The van der Waals surface area contributed by atoms with Crippen LogP contribution < -0.4 is 10.2 Å². The van der Waals surface area contributed by atoms with Crippen LogP contribution in [0.4, 0.5) is 17.1 Å². The fourth-order valence-electron chi connectivity index (χ4n) is 3.35. The van der Waals surface area contributed by atoms with E-state index in [1.54, 1.807) is 17.8 Å². The van der Waals surface area contributed by atoms with E-state index in [-0.39, 0.29) is 17.7 Å². The Morgan fingerprint density at radius 2 is 1.69 bits per heavy atom. The zero-order chi connectivity index (χ0) is 22.5. The van der Waals surface area contributed by atoms with Gasteiger partial charge in [0.05, 0.1) is 29.0 Å². The molecule has 0 aromatic heterocycles. The number of ether oxygens (including phenoxy) is 1. The highest BCUT2D eigenvalue weighted by molar-refractivity contribution is 7.99. The average Bonchev–Trinajstić information content (AvgIpc) is 2.80. The zero-order valence-corrected chi connectivity index (χ0v) is 18.4. The lowest BCUT2D eigenvalue weighted by Crippen LogP contribution is -2.26. The molecule has 8 heteroatoms. The SMILES string of the molecule is N#Cc1ccc(Cl)cc1NC(=O)COC(=O)CCN1c2ccccc2Sc2ccccc21. The van der Waals surface area contributed by atoms with Crippen molar-refractivity contribution in [2.24, 2.45) is 0 Å². The number of fused-ring (bicyclic) bond motifs is 2. The number of rotatable bonds is 6. The van der Waals surface area contributed by atoms with Gasteiger partial charge in [0, 0.05) is 21.4 Å². The van der Waals surface area contributed by atoms with E-state index < -0.39 is 18.5 Å². The first-order chi connectivity index (χ1) is 15.5. The number of amides is 1. The van der Waals surface area contributed by atoms with Crippen molar-refractivity contribution in [3.8, 4) is 6.07 Å². The zero-order valence-electron chi connectivity index (χ0n) is 16.9. The molecule has 1 N–H and O–H groups in total. The molecular formula is C24H18ClN3O3S. The number of para-hydroxylation sites is 2. The first-order valence-corrected chi connectivity index (χ1v) is 11.0. The van der Waals surface area contributed by atoms with Gasteiger partial charge in [-0.3, -0.25) is 9.59 Å². The monoisotopic (exact) mass is 463 g/mol. The number of esters is 1. The van der Waals surface area contributed by atoms with Crippen molar-refractivity contribution in [2.75, 3.05) is 23.4 Å². The molecule has 0 bridgehead atoms. The molecule has 6 nitrogen and oxygen atoms in total. The number of benzene rings is 3. The third kappa shape index (κ3) is 4.88. The fourth-order valence-corrected chi connectivity index (χ4v) is 4.61. The average molecular weight is 464 g/mol. The van der Waals surface area contributed by atoms with Gasteiger partial charge in [-0.05, 0) is 42.5 Å². The lowest BCUT2D eigenvalue weighted by Gasteiger charge is -2.32. The molecule has 160 valence electrons. The van der Waals surface area contributed by atoms with Gasteiger partial charge in [0.1, 0.15) is 6.07 Å². The largest absolute Gasteiger partial charge is 0.456 e. The number of nitrogens with one attached hydrogen (secondary N) is 1.